The molecular formula is C20H26F3N3O3S2. The zero-order valence-electron chi connectivity index (χ0n) is 17.0. The van der Waals surface area contributed by atoms with E-state index in [-0.39, 0.29) is 35.6 Å². The molecule has 11 heteroatoms. The second kappa shape index (κ2) is 11.7. The maximum Gasteiger partial charge on any atom is 0.401 e. The molecule has 2 rings (SSSR count). The molecule has 0 bridgehead atoms. The molecule has 0 spiro atoms. The van der Waals surface area contributed by atoms with Crippen LogP contribution in [0.1, 0.15) is 25.7 Å². The number of hydrogen-bond acceptors (Lipinski definition) is 6. The van der Waals surface area contributed by atoms with Gasteiger partial charge in [-0.3, -0.25) is 4.79 Å². The quantitative estimate of drug-likeness (QED) is 0.305. The van der Waals surface area contributed by atoms with Gasteiger partial charge in [0, 0.05) is 23.1 Å². The van der Waals surface area contributed by atoms with E-state index in [9.17, 15) is 26.4 Å². The molecule has 1 fully saturated rings. The average molecular weight is 478 g/mol. The molecule has 0 saturated heterocycles. The summed E-state index contributed by atoms with van der Waals surface area (Å²) in [6.45, 7) is -0.956. The predicted octanol–water partition coefficient (Wildman–Crippen LogP) is 3.15. The minimum absolute atomic E-state index is 0.0976. The number of nitriles is 1. The van der Waals surface area contributed by atoms with E-state index in [0.717, 1.165) is 17.7 Å². The fourth-order valence-corrected chi connectivity index (χ4v) is 6.12. The molecule has 31 heavy (non-hydrogen) atoms. The molecule has 2 N–H and O–H groups in total. The first-order valence-electron chi connectivity index (χ1n) is 10.00. The van der Waals surface area contributed by atoms with Crippen molar-refractivity contribution in [3.05, 3.63) is 24.3 Å². The van der Waals surface area contributed by atoms with E-state index in [2.05, 4.69) is 10.6 Å². The van der Waals surface area contributed by atoms with Crippen molar-refractivity contribution in [3.8, 4) is 6.07 Å². The van der Waals surface area contributed by atoms with Gasteiger partial charge in [0.2, 0.25) is 5.91 Å². The van der Waals surface area contributed by atoms with Crippen molar-refractivity contribution in [2.75, 3.05) is 31.1 Å². The molecule has 6 nitrogen and oxygen atoms in total. The fraction of sp³-hybridized carbons (Fsp3) is 0.600. The minimum atomic E-state index is -4.24. The van der Waals surface area contributed by atoms with Gasteiger partial charge in [0.05, 0.1) is 23.3 Å². The molecule has 1 saturated carbocycles. The lowest BCUT2D eigenvalue weighted by Crippen LogP contribution is -2.39. The summed E-state index contributed by atoms with van der Waals surface area (Å²) in [6.07, 6.45) is -1.28. The first-order chi connectivity index (χ1) is 14.6. The standard InChI is InChI=1S/C20H26F3N3O3S2/c21-20(22,23)14-25-11-12-30-16-5-7-17(8-6-16)31(28,29)13-15-3-1-2-4-18(15)19(27)26-10-9-24/h5-8,15,18,25H,1-4,10-14H2,(H,26,27)/t15-,18+/m0/s1. The van der Waals surface area contributed by atoms with Gasteiger partial charge in [-0.15, -0.1) is 11.8 Å². The fourth-order valence-electron chi connectivity index (χ4n) is 3.60. The van der Waals surface area contributed by atoms with Crippen LogP contribution in [0.4, 0.5) is 13.2 Å². The number of hydrogen-bond donors (Lipinski definition) is 2. The van der Waals surface area contributed by atoms with E-state index in [0.29, 0.717) is 18.6 Å². The second-order valence-corrected chi connectivity index (χ2v) is 10.6. The summed E-state index contributed by atoms with van der Waals surface area (Å²) in [5, 5.41) is 13.5. The van der Waals surface area contributed by atoms with Crippen molar-refractivity contribution in [2.45, 2.75) is 41.7 Å². The first kappa shape index (κ1) is 25.5. The van der Waals surface area contributed by atoms with Gasteiger partial charge in [0.1, 0.15) is 6.54 Å². The Morgan fingerprint density at radius 1 is 1.19 bits per heavy atom. The molecule has 2 atom stereocenters. The summed E-state index contributed by atoms with van der Waals surface area (Å²) in [7, 11) is -3.60. The van der Waals surface area contributed by atoms with E-state index in [1.54, 1.807) is 12.1 Å². The molecule has 0 aliphatic heterocycles. The Morgan fingerprint density at radius 3 is 2.52 bits per heavy atom. The number of nitrogens with zero attached hydrogens (tertiary/aromatic N) is 1. The average Bonchev–Trinajstić information content (AvgIpc) is 2.71. The third-order valence-electron chi connectivity index (χ3n) is 5.08. The third-order valence-corrected chi connectivity index (χ3v) is 7.95. The van der Waals surface area contributed by atoms with Gasteiger partial charge in [-0.25, -0.2) is 8.42 Å². The van der Waals surface area contributed by atoms with Crippen molar-refractivity contribution >= 4 is 27.5 Å². The van der Waals surface area contributed by atoms with Crippen LogP contribution < -0.4 is 10.6 Å². The van der Waals surface area contributed by atoms with Crippen LogP contribution in [-0.4, -0.2) is 51.6 Å². The Kier molecular flexibility index (Phi) is 9.65. The zero-order valence-corrected chi connectivity index (χ0v) is 18.6. The molecule has 0 aromatic heterocycles. The number of nitrogens with one attached hydrogen (secondary N) is 2. The number of benzene rings is 1. The molecule has 0 radical (unpaired) electrons. The lowest BCUT2D eigenvalue weighted by Gasteiger charge is -2.30. The highest BCUT2D eigenvalue weighted by Crippen LogP contribution is 2.33. The Labute approximate surface area is 184 Å². The molecule has 1 amide bonds. The Balaban J connectivity index is 1.92. The van der Waals surface area contributed by atoms with E-state index >= 15 is 0 Å². The summed E-state index contributed by atoms with van der Waals surface area (Å²) in [5.41, 5.74) is 0. The summed E-state index contributed by atoms with van der Waals surface area (Å²) in [5.74, 6) is -0.704. The van der Waals surface area contributed by atoms with Crippen LogP contribution in [0.2, 0.25) is 0 Å². The van der Waals surface area contributed by atoms with Crippen LogP contribution in [0, 0.1) is 23.2 Å². The van der Waals surface area contributed by atoms with Crippen LogP contribution in [0.15, 0.2) is 34.1 Å². The predicted molar refractivity (Wildman–Crippen MR) is 112 cm³/mol. The number of rotatable bonds is 10. The van der Waals surface area contributed by atoms with E-state index in [1.165, 1.54) is 23.9 Å². The third kappa shape index (κ3) is 8.71. The number of thioether (sulfide) groups is 1. The van der Waals surface area contributed by atoms with E-state index < -0.39 is 28.5 Å². The SMILES string of the molecule is N#CCNC(=O)[C@@H]1CCCC[C@H]1CS(=O)(=O)c1ccc(SCCNCC(F)(F)F)cc1. The normalized spacial score (nSPS) is 19.5. The van der Waals surface area contributed by atoms with Crippen LogP contribution in [0.3, 0.4) is 0 Å². The van der Waals surface area contributed by atoms with Gasteiger partial charge >= 0.3 is 6.18 Å². The van der Waals surface area contributed by atoms with Crippen LogP contribution in [-0.2, 0) is 14.6 Å². The molecule has 0 heterocycles. The van der Waals surface area contributed by atoms with Gasteiger partial charge < -0.3 is 10.6 Å². The Morgan fingerprint density at radius 2 is 1.87 bits per heavy atom. The van der Waals surface area contributed by atoms with Crippen LogP contribution in [0.25, 0.3) is 0 Å². The smallest absolute Gasteiger partial charge is 0.343 e. The first-order valence-corrected chi connectivity index (χ1v) is 12.6. The number of sulfone groups is 1. The summed E-state index contributed by atoms with van der Waals surface area (Å²) >= 11 is 1.33. The van der Waals surface area contributed by atoms with Crippen molar-refractivity contribution in [1.82, 2.24) is 10.6 Å². The molecule has 1 aliphatic carbocycles. The van der Waals surface area contributed by atoms with Gasteiger partial charge in [-0.1, -0.05) is 12.8 Å². The minimum Gasteiger partial charge on any atom is -0.343 e. The maximum absolute atomic E-state index is 12.9. The number of carbonyl (C=O) groups excluding carboxylic acids is 1. The van der Waals surface area contributed by atoms with Crippen LogP contribution >= 0.6 is 11.8 Å². The van der Waals surface area contributed by atoms with E-state index in [4.69, 9.17) is 5.26 Å². The van der Waals surface area contributed by atoms with Crippen LogP contribution in [0.5, 0.6) is 0 Å². The molecule has 172 valence electrons. The van der Waals surface area contributed by atoms with Gasteiger partial charge in [-0.05, 0) is 43.0 Å². The highest BCUT2D eigenvalue weighted by atomic mass is 32.2. The molecule has 0 unspecified atom stereocenters. The van der Waals surface area contributed by atoms with Gasteiger partial charge in [0.25, 0.3) is 0 Å². The molecule has 1 aliphatic rings. The van der Waals surface area contributed by atoms with Crippen molar-refractivity contribution in [3.63, 3.8) is 0 Å². The number of amides is 1. The summed E-state index contributed by atoms with van der Waals surface area (Å²) in [4.78, 5) is 13.2. The number of alkyl halides is 3. The van der Waals surface area contributed by atoms with E-state index in [1.807, 2.05) is 6.07 Å². The highest BCUT2D eigenvalue weighted by Gasteiger charge is 2.34. The maximum atomic E-state index is 12.9. The Bertz CT molecular complexity index is 868. The molecule has 1 aromatic rings. The van der Waals surface area contributed by atoms with Crippen molar-refractivity contribution in [2.24, 2.45) is 11.8 Å². The van der Waals surface area contributed by atoms with Gasteiger partial charge in [-0.2, -0.15) is 18.4 Å². The van der Waals surface area contributed by atoms with Crippen molar-refractivity contribution < 1.29 is 26.4 Å². The van der Waals surface area contributed by atoms with Crippen molar-refractivity contribution in [1.29, 1.82) is 5.26 Å². The summed E-state index contributed by atoms with van der Waals surface area (Å²) < 4.78 is 62.0. The monoisotopic (exact) mass is 477 g/mol. The highest BCUT2D eigenvalue weighted by molar-refractivity contribution is 7.99. The largest absolute Gasteiger partial charge is 0.401 e. The number of halogens is 3. The zero-order chi connectivity index (χ0) is 22.9. The molecule has 1 aromatic carbocycles. The lowest BCUT2D eigenvalue weighted by atomic mass is 9.80. The lowest BCUT2D eigenvalue weighted by molar-refractivity contribution is -0.127. The Hall–Kier alpha value is -1.77. The number of carbonyl (C=O) groups is 1. The molecular weight excluding hydrogens is 451 g/mol. The van der Waals surface area contributed by atoms with Gasteiger partial charge in [0.15, 0.2) is 9.84 Å². The topological polar surface area (TPSA) is 99.1 Å². The summed E-state index contributed by atoms with van der Waals surface area (Å²) in [6, 6.07) is 8.12. The second-order valence-electron chi connectivity index (χ2n) is 7.42.